The van der Waals surface area contributed by atoms with E-state index in [1.54, 1.807) is 7.11 Å². The first kappa shape index (κ1) is 15.8. The largest absolute Gasteiger partial charge is 0.497 e. The van der Waals surface area contributed by atoms with Gasteiger partial charge in [0.15, 0.2) is 0 Å². The van der Waals surface area contributed by atoms with Crippen molar-refractivity contribution in [2.45, 2.75) is 25.8 Å². The highest BCUT2D eigenvalue weighted by Crippen LogP contribution is 2.25. The Balaban J connectivity index is 2.64. The number of nitrogens with two attached hydrogens (primary N) is 1. The molecule has 0 heterocycles. The fourth-order valence-corrected chi connectivity index (χ4v) is 1.89. The number of nitrogens with zero attached hydrogens (tertiary/aromatic N) is 1. The summed E-state index contributed by atoms with van der Waals surface area (Å²) in [5.74, 6) is 1.76. The Kier molecular flexibility index (Phi) is 6.67. The lowest BCUT2D eigenvalue weighted by Crippen LogP contribution is -2.19. The second kappa shape index (κ2) is 8.02. The zero-order valence-electron chi connectivity index (χ0n) is 12.5. The average Bonchev–Trinajstić information content (AvgIpc) is 2.35. The van der Waals surface area contributed by atoms with E-state index in [0.29, 0.717) is 0 Å². The first-order valence-corrected chi connectivity index (χ1v) is 6.73. The molecule has 0 aliphatic carbocycles. The molecule has 0 aliphatic rings. The molecule has 0 amide bonds. The number of benzene rings is 1. The first-order valence-electron chi connectivity index (χ1n) is 6.73. The summed E-state index contributed by atoms with van der Waals surface area (Å²) in [6.07, 6.45) is 1.80. The van der Waals surface area contributed by atoms with Crippen molar-refractivity contribution in [2.24, 2.45) is 5.73 Å². The Hall–Kier alpha value is -1.26. The van der Waals surface area contributed by atoms with Crippen molar-refractivity contribution in [2.75, 3.05) is 34.4 Å². The fourth-order valence-electron chi connectivity index (χ4n) is 1.89. The molecular weight excluding hydrogens is 240 g/mol. The molecule has 4 nitrogen and oxygen atoms in total. The first-order chi connectivity index (χ1) is 9.02. The molecule has 0 fully saturated rings. The van der Waals surface area contributed by atoms with Crippen LogP contribution in [0.15, 0.2) is 18.2 Å². The van der Waals surface area contributed by atoms with Gasteiger partial charge in [-0.2, -0.15) is 0 Å². The summed E-state index contributed by atoms with van der Waals surface area (Å²) >= 11 is 0. The van der Waals surface area contributed by atoms with E-state index in [9.17, 15) is 0 Å². The maximum Gasteiger partial charge on any atom is 0.122 e. The molecule has 1 aromatic carbocycles. The van der Waals surface area contributed by atoms with Crippen molar-refractivity contribution in [3.05, 3.63) is 23.8 Å². The van der Waals surface area contributed by atoms with Crippen molar-refractivity contribution >= 4 is 0 Å². The van der Waals surface area contributed by atoms with Crippen LogP contribution in [-0.4, -0.2) is 45.3 Å². The van der Waals surface area contributed by atoms with E-state index in [2.05, 4.69) is 19.0 Å². The van der Waals surface area contributed by atoms with E-state index < -0.39 is 0 Å². The average molecular weight is 266 g/mol. The predicted octanol–water partition coefficient (Wildman–Crippen LogP) is 1.92. The third-order valence-electron chi connectivity index (χ3n) is 2.82. The van der Waals surface area contributed by atoms with Gasteiger partial charge >= 0.3 is 0 Å². The van der Waals surface area contributed by atoms with Crippen LogP contribution in [-0.2, 0) is 6.42 Å². The number of methoxy groups -OCH3 is 1. The molecule has 1 atom stereocenters. The van der Waals surface area contributed by atoms with Crippen molar-refractivity contribution in [1.82, 2.24) is 4.90 Å². The Morgan fingerprint density at radius 3 is 2.63 bits per heavy atom. The second-order valence-electron chi connectivity index (χ2n) is 5.16. The summed E-state index contributed by atoms with van der Waals surface area (Å²) < 4.78 is 11.1. The molecule has 0 aromatic heterocycles. The number of hydrogen-bond donors (Lipinski definition) is 1. The molecule has 0 bridgehead atoms. The van der Waals surface area contributed by atoms with Gasteiger partial charge in [0.2, 0.25) is 0 Å². The molecule has 4 heteroatoms. The van der Waals surface area contributed by atoms with Gasteiger partial charge in [0.25, 0.3) is 0 Å². The Bertz CT molecular complexity index is 378. The zero-order valence-corrected chi connectivity index (χ0v) is 12.5. The van der Waals surface area contributed by atoms with Crippen molar-refractivity contribution in [3.8, 4) is 11.5 Å². The number of ether oxygens (including phenoxy) is 2. The molecule has 1 aromatic rings. The van der Waals surface area contributed by atoms with Gasteiger partial charge < -0.3 is 20.1 Å². The van der Waals surface area contributed by atoms with Crippen LogP contribution in [0.5, 0.6) is 11.5 Å². The lowest BCUT2D eigenvalue weighted by atomic mass is 10.1. The summed E-state index contributed by atoms with van der Waals surface area (Å²) in [6.45, 7) is 3.74. The van der Waals surface area contributed by atoms with Gasteiger partial charge in [-0.3, -0.25) is 0 Å². The number of hydrogen-bond acceptors (Lipinski definition) is 4. The molecule has 0 spiro atoms. The molecule has 1 rings (SSSR count). The summed E-state index contributed by atoms with van der Waals surface area (Å²) in [7, 11) is 5.80. The van der Waals surface area contributed by atoms with Gasteiger partial charge in [-0.15, -0.1) is 0 Å². The fraction of sp³-hybridized carbons (Fsp3) is 0.600. The van der Waals surface area contributed by atoms with E-state index in [1.165, 1.54) is 0 Å². The lowest BCUT2D eigenvalue weighted by molar-refractivity contribution is 0.278. The normalized spacial score (nSPS) is 12.5. The smallest absolute Gasteiger partial charge is 0.122 e. The van der Waals surface area contributed by atoms with E-state index in [4.69, 9.17) is 15.2 Å². The molecular formula is C15H26N2O2. The number of rotatable bonds is 8. The minimum Gasteiger partial charge on any atom is -0.497 e. The molecule has 2 N–H and O–H groups in total. The second-order valence-corrected chi connectivity index (χ2v) is 5.16. The van der Waals surface area contributed by atoms with Crippen LogP contribution in [0, 0.1) is 0 Å². The highest BCUT2D eigenvalue weighted by molar-refractivity contribution is 5.40. The van der Waals surface area contributed by atoms with E-state index in [0.717, 1.165) is 43.1 Å². The van der Waals surface area contributed by atoms with Crippen molar-refractivity contribution in [1.29, 1.82) is 0 Å². The molecule has 0 radical (unpaired) electrons. The molecule has 19 heavy (non-hydrogen) atoms. The van der Waals surface area contributed by atoms with E-state index >= 15 is 0 Å². The summed E-state index contributed by atoms with van der Waals surface area (Å²) in [6, 6.07) is 6.00. The lowest BCUT2D eigenvalue weighted by Gasteiger charge is -2.15. The maximum atomic E-state index is 5.88. The van der Waals surface area contributed by atoms with Crippen LogP contribution >= 0.6 is 0 Å². The molecule has 1 unspecified atom stereocenters. The minimum absolute atomic E-state index is 0.108. The van der Waals surface area contributed by atoms with Gasteiger partial charge in [-0.25, -0.2) is 0 Å². The molecule has 108 valence electrons. The zero-order chi connectivity index (χ0) is 14.3. The van der Waals surface area contributed by atoms with Crippen molar-refractivity contribution in [3.63, 3.8) is 0 Å². The maximum absolute atomic E-state index is 5.88. The van der Waals surface area contributed by atoms with Crippen molar-refractivity contribution < 1.29 is 9.47 Å². The topological polar surface area (TPSA) is 47.7 Å². The monoisotopic (exact) mass is 266 g/mol. The van der Waals surface area contributed by atoms with Gasteiger partial charge in [0, 0.05) is 12.6 Å². The summed E-state index contributed by atoms with van der Waals surface area (Å²) in [5, 5.41) is 0. The molecule has 0 aliphatic heterocycles. The molecule has 0 saturated heterocycles. The van der Waals surface area contributed by atoms with Crippen LogP contribution in [0.25, 0.3) is 0 Å². The predicted molar refractivity (Wildman–Crippen MR) is 79.0 cm³/mol. The highest BCUT2D eigenvalue weighted by atomic mass is 16.5. The van der Waals surface area contributed by atoms with Crippen LogP contribution in [0.4, 0.5) is 0 Å². The molecule has 0 saturated carbocycles. The van der Waals surface area contributed by atoms with Gasteiger partial charge in [-0.05, 0) is 57.6 Å². The standard InChI is InChI=1S/C15H26N2O2/c1-12(16)10-13-11-14(18-4)6-7-15(13)19-9-5-8-17(2)3/h6-7,11-12H,5,8-10,16H2,1-4H3. The highest BCUT2D eigenvalue weighted by Gasteiger charge is 2.08. The quantitative estimate of drug-likeness (QED) is 0.730. The van der Waals surface area contributed by atoms with Crippen LogP contribution in [0.2, 0.25) is 0 Å². The third-order valence-corrected chi connectivity index (χ3v) is 2.82. The van der Waals surface area contributed by atoms with E-state index in [1.807, 2.05) is 25.1 Å². The van der Waals surface area contributed by atoms with Crippen LogP contribution in [0.3, 0.4) is 0 Å². The van der Waals surface area contributed by atoms with Crippen LogP contribution in [0.1, 0.15) is 18.9 Å². The van der Waals surface area contributed by atoms with E-state index in [-0.39, 0.29) is 6.04 Å². The summed E-state index contributed by atoms with van der Waals surface area (Å²) in [5.41, 5.74) is 6.99. The third kappa shape index (κ3) is 5.94. The SMILES string of the molecule is COc1ccc(OCCCN(C)C)c(CC(C)N)c1. The van der Waals surface area contributed by atoms with Gasteiger partial charge in [0.1, 0.15) is 11.5 Å². The summed E-state index contributed by atoms with van der Waals surface area (Å²) in [4.78, 5) is 2.15. The van der Waals surface area contributed by atoms with Gasteiger partial charge in [-0.1, -0.05) is 0 Å². The Morgan fingerprint density at radius 2 is 2.05 bits per heavy atom. The Labute approximate surface area is 116 Å². The van der Waals surface area contributed by atoms with Gasteiger partial charge in [0.05, 0.1) is 13.7 Å². The minimum atomic E-state index is 0.108. The van der Waals surface area contributed by atoms with Crippen LogP contribution < -0.4 is 15.2 Å². The Morgan fingerprint density at radius 1 is 1.32 bits per heavy atom.